The molecular formula is C17H31NO. The van der Waals surface area contributed by atoms with Gasteiger partial charge in [-0.1, -0.05) is 20.8 Å². The second-order valence-corrected chi connectivity index (χ2v) is 7.89. The molecule has 1 N–H and O–H groups in total. The summed E-state index contributed by atoms with van der Waals surface area (Å²) in [7, 11) is 0. The normalized spacial score (nSPS) is 44.7. The Morgan fingerprint density at radius 2 is 2.00 bits per heavy atom. The zero-order valence-corrected chi connectivity index (χ0v) is 13.0. The van der Waals surface area contributed by atoms with Gasteiger partial charge in [-0.15, -0.1) is 0 Å². The van der Waals surface area contributed by atoms with Crippen LogP contribution in [-0.4, -0.2) is 25.3 Å². The summed E-state index contributed by atoms with van der Waals surface area (Å²) in [5.41, 5.74) is 1.05. The highest BCUT2D eigenvalue weighted by Crippen LogP contribution is 2.65. The Hall–Kier alpha value is -0.0800. The monoisotopic (exact) mass is 265 g/mol. The van der Waals surface area contributed by atoms with E-state index in [9.17, 15) is 0 Å². The van der Waals surface area contributed by atoms with Gasteiger partial charge in [0.15, 0.2) is 0 Å². The third kappa shape index (κ3) is 2.25. The molecule has 4 unspecified atom stereocenters. The van der Waals surface area contributed by atoms with E-state index in [0.29, 0.717) is 16.9 Å². The molecule has 1 saturated heterocycles. The van der Waals surface area contributed by atoms with Crippen molar-refractivity contribution in [2.75, 3.05) is 13.2 Å². The van der Waals surface area contributed by atoms with Gasteiger partial charge in [-0.05, 0) is 68.2 Å². The van der Waals surface area contributed by atoms with Gasteiger partial charge < -0.3 is 10.1 Å². The Labute approximate surface area is 118 Å². The minimum Gasteiger partial charge on any atom is -0.378 e. The van der Waals surface area contributed by atoms with Crippen LogP contribution in [0.2, 0.25) is 0 Å². The van der Waals surface area contributed by atoms with Gasteiger partial charge in [-0.3, -0.25) is 0 Å². The minimum absolute atomic E-state index is 0.519. The average Bonchev–Trinajstić information content (AvgIpc) is 2.73. The molecule has 3 fully saturated rings. The third-order valence-corrected chi connectivity index (χ3v) is 6.93. The lowest BCUT2D eigenvalue weighted by atomic mass is 9.69. The summed E-state index contributed by atoms with van der Waals surface area (Å²) >= 11 is 0. The van der Waals surface area contributed by atoms with E-state index in [1.807, 2.05) is 0 Å². The summed E-state index contributed by atoms with van der Waals surface area (Å²) in [5.74, 6) is 0.945. The summed E-state index contributed by atoms with van der Waals surface area (Å²) in [4.78, 5) is 0. The van der Waals surface area contributed by atoms with E-state index in [2.05, 4.69) is 26.1 Å². The van der Waals surface area contributed by atoms with Gasteiger partial charge in [0.1, 0.15) is 0 Å². The average molecular weight is 265 g/mol. The van der Waals surface area contributed by atoms with Crippen LogP contribution < -0.4 is 5.32 Å². The van der Waals surface area contributed by atoms with Crippen molar-refractivity contribution in [1.82, 2.24) is 5.32 Å². The molecule has 2 bridgehead atoms. The quantitative estimate of drug-likeness (QED) is 0.836. The van der Waals surface area contributed by atoms with Crippen molar-refractivity contribution in [3.63, 3.8) is 0 Å². The van der Waals surface area contributed by atoms with E-state index in [1.54, 1.807) is 0 Å². The topological polar surface area (TPSA) is 21.3 Å². The standard InChI is InChI=1S/C17H31NO/c1-16(2)13-7-9-17(16,3)15(12-13)18-10-8-14-6-4-5-11-19-14/h13-15,18H,4-12H2,1-3H3. The van der Waals surface area contributed by atoms with E-state index in [-0.39, 0.29) is 0 Å². The van der Waals surface area contributed by atoms with E-state index < -0.39 is 0 Å². The molecule has 1 heterocycles. The Morgan fingerprint density at radius 1 is 1.16 bits per heavy atom. The molecule has 0 aromatic rings. The lowest BCUT2D eigenvalue weighted by Gasteiger charge is -2.40. The molecule has 3 aliphatic rings. The molecule has 2 heteroatoms. The van der Waals surface area contributed by atoms with Gasteiger partial charge in [0, 0.05) is 12.6 Å². The Morgan fingerprint density at radius 3 is 2.58 bits per heavy atom. The fourth-order valence-corrected chi connectivity index (χ4v) is 4.97. The highest BCUT2D eigenvalue weighted by Gasteiger charge is 2.60. The fourth-order valence-electron chi connectivity index (χ4n) is 4.97. The van der Waals surface area contributed by atoms with Crippen molar-refractivity contribution in [2.45, 2.75) is 77.9 Å². The van der Waals surface area contributed by atoms with Crippen LogP contribution in [0.15, 0.2) is 0 Å². The summed E-state index contributed by atoms with van der Waals surface area (Å²) in [6.07, 6.45) is 9.90. The first-order valence-electron chi connectivity index (χ1n) is 8.39. The number of hydrogen-bond donors (Lipinski definition) is 1. The highest BCUT2D eigenvalue weighted by molar-refractivity contribution is 5.12. The number of ether oxygens (including phenoxy) is 1. The lowest BCUT2D eigenvalue weighted by Crippen LogP contribution is -2.45. The fraction of sp³-hybridized carbons (Fsp3) is 1.00. The predicted molar refractivity (Wildman–Crippen MR) is 79.2 cm³/mol. The first-order chi connectivity index (χ1) is 9.04. The highest BCUT2D eigenvalue weighted by atomic mass is 16.5. The molecule has 1 aliphatic heterocycles. The molecule has 0 amide bonds. The maximum Gasteiger partial charge on any atom is 0.0587 e. The second-order valence-electron chi connectivity index (χ2n) is 7.89. The van der Waals surface area contributed by atoms with Crippen molar-refractivity contribution < 1.29 is 4.74 Å². The molecule has 3 rings (SSSR count). The zero-order valence-electron chi connectivity index (χ0n) is 13.0. The third-order valence-electron chi connectivity index (χ3n) is 6.93. The van der Waals surface area contributed by atoms with Gasteiger partial charge >= 0.3 is 0 Å². The zero-order chi connectivity index (χ0) is 13.5. The van der Waals surface area contributed by atoms with Crippen molar-refractivity contribution in [1.29, 1.82) is 0 Å². The van der Waals surface area contributed by atoms with E-state index in [4.69, 9.17) is 4.74 Å². The van der Waals surface area contributed by atoms with Gasteiger partial charge in [0.25, 0.3) is 0 Å². The van der Waals surface area contributed by atoms with Crippen LogP contribution in [0.3, 0.4) is 0 Å². The van der Waals surface area contributed by atoms with Gasteiger partial charge in [-0.2, -0.15) is 0 Å². The minimum atomic E-state index is 0.519. The van der Waals surface area contributed by atoms with Crippen molar-refractivity contribution in [2.24, 2.45) is 16.7 Å². The summed E-state index contributed by atoms with van der Waals surface area (Å²) < 4.78 is 5.83. The van der Waals surface area contributed by atoms with Crippen LogP contribution in [-0.2, 0) is 4.74 Å². The van der Waals surface area contributed by atoms with E-state index in [0.717, 1.165) is 25.1 Å². The van der Waals surface area contributed by atoms with E-state index in [1.165, 1.54) is 44.9 Å². The smallest absolute Gasteiger partial charge is 0.0587 e. The Kier molecular flexibility index (Phi) is 3.68. The summed E-state index contributed by atoms with van der Waals surface area (Å²) in [5, 5.41) is 3.88. The number of hydrogen-bond acceptors (Lipinski definition) is 2. The first-order valence-corrected chi connectivity index (χ1v) is 8.39. The van der Waals surface area contributed by atoms with Crippen molar-refractivity contribution >= 4 is 0 Å². The van der Waals surface area contributed by atoms with Gasteiger partial charge in [0.05, 0.1) is 6.10 Å². The molecule has 0 aromatic carbocycles. The molecule has 2 saturated carbocycles. The Balaban J connectivity index is 1.49. The van der Waals surface area contributed by atoms with Crippen LogP contribution in [0, 0.1) is 16.7 Å². The second kappa shape index (κ2) is 5.04. The number of fused-ring (bicyclic) bond motifs is 2. The molecule has 2 aliphatic carbocycles. The molecule has 0 aromatic heterocycles. The van der Waals surface area contributed by atoms with E-state index >= 15 is 0 Å². The molecule has 0 radical (unpaired) electrons. The molecule has 0 spiro atoms. The number of nitrogens with one attached hydrogen (secondary N) is 1. The van der Waals surface area contributed by atoms with Crippen LogP contribution in [0.25, 0.3) is 0 Å². The molecular weight excluding hydrogens is 234 g/mol. The molecule has 19 heavy (non-hydrogen) atoms. The van der Waals surface area contributed by atoms with Crippen molar-refractivity contribution in [3.8, 4) is 0 Å². The van der Waals surface area contributed by atoms with Crippen molar-refractivity contribution in [3.05, 3.63) is 0 Å². The van der Waals surface area contributed by atoms with Crippen LogP contribution in [0.5, 0.6) is 0 Å². The molecule has 110 valence electrons. The van der Waals surface area contributed by atoms with Crippen LogP contribution >= 0.6 is 0 Å². The first kappa shape index (κ1) is 13.9. The maximum absolute atomic E-state index is 5.83. The van der Waals surface area contributed by atoms with Crippen LogP contribution in [0.1, 0.15) is 65.7 Å². The van der Waals surface area contributed by atoms with Crippen LogP contribution in [0.4, 0.5) is 0 Å². The lowest BCUT2D eigenvalue weighted by molar-refractivity contribution is 0.00997. The van der Waals surface area contributed by atoms with Gasteiger partial charge in [0.2, 0.25) is 0 Å². The largest absolute Gasteiger partial charge is 0.378 e. The number of rotatable bonds is 4. The molecule has 4 atom stereocenters. The molecule has 2 nitrogen and oxygen atoms in total. The Bertz CT molecular complexity index is 321. The summed E-state index contributed by atoms with van der Waals surface area (Å²) in [6, 6.07) is 0.741. The summed E-state index contributed by atoms with van der Waals surface area (Å²) in [6.45, 7) is 9.65. The maximum atomic E-state index is 5.83. The predicted octanol–water partition coefficient (Wildman–Crippen LogP) is 3.75. The van der Waals surface area contributed by atoms with Gasteiger partial charge in [-0.25, -0.2) is 0 Å². The SMILES string of the molecule is CC1(C)C2CCC1(C)C(NCCC1CCCCO1)C2.